The maximum atomic E-state index is 12.5. The predicted octanol–water partition coefficient (Wildman–Crippen LogP) is -3.25. The first-order valence-corrected chi connectivity index (χ1v) is 9.25. The molecule has 0 radical (unpaired) electrons. The molecule has 0 aliphatic heterocycles. The van der Waals surface area contributed by atoms with Crippen LogP contribution >= 0.6 is 0 Å². The van der Waals surface area contributed by atoms with Crippen molar-refractivity contribution in [3.63, 3.8) is 0 Å². The lowest BCUT2D eigenvalue weighted by Crippen LogP contribution is -2.60. The van der Waals surface area contributed by atoms with Gasteiger partial charge in [0.2, 0.25) is 17.7 Å². The highest BCUT2D eigenvalue weighted by Gasteiger charge is 2.33. The second kappa shape index (κ2) is 12.7. The normalized spacial score (nSPS) is 16.9. The summed E-state index contributed by atoms with van der Waals surface area (Å²) in [5.41, 5.74) is 5.40. The number of amides is 3. The van der Waals surface area contributed by atoms with Crippen LogP contribution in [0.3, 0.4) is 0 Å². The van der Waals surface area contributed by atoms with Crippen LogP contribution in [-0.4, -0.2) is 87.0 Å². The number of aliphatic hydroxyl groups excluding tert-OH is 2. The molecule has 0 aliphatic carbocycles. The molecule has 13 nitrogen and oxygen atoms in total. The van der Waals surface area contributed by atoms with Gasteiger partial charge in [0.15, 0.2) is 6.04 Å². The van der Waals surface area contributed by atoms with Gasteiger partial charge in [-0.05, 0) is 12.8 Å². The lowest BCUT2D eigenvalue weighted by Gasteiger charge is -2.28. The second-order valence-corrected chi connectivity index (χ2v) is 6.88. The monoisotopic (exact) mass is 434 g/mol. The van der Waals surface area contributed by atoms with Gasteiger partial charge in [-0.2, -0.15) is 0 Å². The highest BCUT2D eigenvalue weighted by atomic mass is 16.4. The largest absolute Gasteiger partial charge is 0.481 e. The summed E-state index contributed by atoms with van der Waals surface area (Å²) in [4.78, 5) is 58.7. The van der Waals surface area contributed by atoms with E-state index in [1.807, 2.05) is 0 Å². The summed E-state index contributed by atoms with van der Waals surface area (Å²) in [6, 6.07) is -5.82. The van der Waals surface area contributed by atoms with Crippen molar-refractivity contribution in [1.29, 1.82) is 0 Å². The Kier molecular flexibility index (Phi) is 11.5. The Hall–Kier alpha value is -2.77. The van der Waals surface area contributed by atoms with Gasteiger partial charge in [-0.3, -0.25) is 19.2 Å². The minimum atomic E-state index is -1.61. The summed E-state index contributed by atoms with van der Waals surface area (Å²) in [5, 5.41) is 43.2. The number of nitrogens with two attached hydrogens (primary N) is 1. The molecule has 0 aromatic heterocycles. The Morgan fingerprint density at radius 1 is 0.900 bits per heavy atom. The van der Waals surface area contributed by atoms with Gasteiger partial charge in [-0.15, -0.1) is 0 Å². The summed E-state index contributed by atoms with van der Waals surface area (Å²) in [7, 11) is 0. The van der Waals surface area contributed by atoms with E-state index in [2.05, 4.69) is 16.0 Å². The van der Waals surface area contributed by atoms with Crippen LogP contribution in [0.5, 0.6) is 0 Å². The third-order valence-electron chi connectivity index (χ3n) is 4.39. The maximum absolute atomic E-state index is 12.5. The van der Waals surface area contributed by atoms with Gasteiger partial charge < -0.3 is 42.1 Å². The fourth-order valence-electron chi connectivity index (χ4n) is 2.34. The van der Waals surface area contributed by atoms with E-state index in [4.69, 9.17) is 15.9 Å². The molecule has 172 valence electrons. The van der Waals surface area contributed by atoms with Crippen LogP contribution in [0.4, 0.5) is 0 Å². The summed E-state index contributed by atoms with van der Waals surface area (Å²) in [6.07, 6.45) is -1.69. The summed E-state index contributed by atoms with van der Waals surface area (Å²) >= 11 is 0. The van der Waals surface area contributed by atoms with Crippen molar-refractivity contribution in [2.75, 3.05) is 6.61 Å². The minimum Gasteiger partial charge on any atom is -0.481 e. The Morgan fingerprint density at radius 3 is 1.83 bits per heavy atom. The topological polar surface area (TPSA) is 228 Å². The van der Waals surface area contributed by atoms with E-state index >= 15 is 0 Å². The van der Waals surface area contributed by atoms with Gasteiger partial charge in [0.05, 0.1) is 25.2 Å². The molecule has 0 aromatic carbocycles. The molecule has 0 aliphatic rings. The van der Waals surface area contributed by atoms with E-state index in [0.29, 0.717) is 6.42 Å². The molecule has 0 bridgehead atoms. The fourth-order valence-corrected chi connectivity index (χ4v) is 2.34. The van der Waals surface area contributed by atoms with Crippen molar-refractivity contribution in [2.45, 2.75) is 63.9 Å². The molecule has 6 unspecified atom stereocenters. The van der Waals surface area contributed by atoms with Gasteiger partial charge >= 0.3 is 11.9 Å². The Morgan fingerprint density at radius 2 is 1.43 bits per heavy atom. The number of aliphatic carboxylic acids is 2. The van der Waals surface area contributed by atoms with E-state index in [-0.39, 0.29) is 0 Å². The molecule has 3 amide bonds. The number of hydrogen-bond donors (Lipinski definition) is 8. The quantitative estimate of drug-likeness (QED) is 0.144. The average Bonchev–Trinajstić information content (AvgIpc) is 2.65. The zero-order valence-electron chi connectivity index (χ0n) is 17.0. The summed E-state index contributed by atoms with van der Waals surface area (Å²) < 4.78 is 0. The van der Waals surface area contributed by atoms with Crippen molar-refractivity contribution in [2.24, 2.45) is 11.7 Å². The zero-order valence-corrected chi connectivity index (χ0v) is 17.0. The van der Waals surface area contributed by atoms with Crippen LogP contribution in [0.15, 0.2) is 0 Å². The molecule has 0 rings (SSSR count). The van der Waals surface area contributed by atoms with Crippen LogP contribution in [0.1, 0.15) is 33.6 Å². The maximum Gasteiger partial charge on any atom is 0.328 e. The number of carboxylic acids is 2. The molecule has 0 fully saturated rings. The lowest BCUT2D eigenvalue weighted by atomic mass is 9.97. The SMILES string of the molecule is CCC(C)C(NC(=O)C(CO)NC(=O)C(N)CC(=O)O)C(=O)NC(C(=O)O)C(C)O. The van der Waals surface area contributed by atoms with Crippen LogP contribution in [-0.2, 0) is 24.0 Å². The number of carboxylic acid groups (broad SMARTS) is 2. The fraction of sp³-hybridized carbons (Fsp3) is 0.706. The first kappa shape index (κ1) is 27.2. The number of aliphatic hydroxyl groups is 2. The third-order valence-corrected chi connectivity index (χ3v) is 4.39. The molecular formula is C17H30N4O9. The molecular weight excluding hydrogens is 404 g/mol. The van der Waals surface area contributed by atoms with Crippen molar-refractivity contribution in [3.05, 3.63) is 0 Å². The van der Waals surface area contributed by atoms with Gasteiger partial charge in [0.1, 0.15) is 12.1 Å². The molecule has 0 saturated heterocycles. The van der Waals surface area contributed by atoms with Crippen LogP contribution in [0.25, 0.3) is 0 Å². The van der Waals surface area contributed by atoms with Crippen molar-refractivity contribution >= 4 is 29.7 Å². The van der Waals surface area contributed by atoms with Gasteiger partial charge in [-0.25, -0.2) is 4.79 Å². The van der Waals surface area contributed by atoms with Crippen LogP contribution < -0.4 is 21.7 Å². The first-order chi connectivity index (χ1) is 13.8. The van der Waals surface area contributed by atoms with Crippen molar-refractivity contribution in [3.8, 4) is 0 Å². The van der Waals surface area contributed by atoms with Crippen LogP contribution in [0, 0.1) is 5.92 Å². The smallest absolute Gasteiger partial charge is 0.328 e. The van der Waals surface area contributed by atoms with Gasteiger partial charge in [0.25, 0.3) is 0 Å². The molecule has 0 saturated carbocycles. The Labute approximate surface area is 173 Å². The standard InChI is InChI=1S/C17H30N4O9/c1-4-7(2)12(16(28)21-13(8(3)23)17(29)30)20-15(27)10(6-22)19-14(26)9(18)5-11(24)25/h7-10,12-13,22-23H,4-6,18H2,1-3H3,(H,19,26)(H,20,27)(H,21,28)(H,24,25)(H,29,30). The Bertz CT molecular complexity index is 641. The van der Waals surface area contributed by atoms with Gasteiger partial charge in [0, 0.05) is 0 Å². The summed E-state index contributed by atoms with van der Waals surface area (Å²) in [6.45, 7) is 3.64. The number of rotatable bonds is 13. The third kappa shape index (κ3) is 8.71. The highest BCUT2D eigenvalue weighted by molar-refractivity contribution is 5.95. The molecule has 9 N–H and O–H groups in total. The van der Waals surface area contributed by atoms with E-state index in [1.54, 1.807) is 13.8 Å². The van der Waals surface area contributed by atoms with E-state index in [0.717, 1.165) is 0 Å². The summed E-state index contributed by atoms with van der Waals surface area (Å²) in [5.74, 6) is -6.10. The number of carbonyl (C=O) groups excluding carboxylic acids is 3. The molecule has 0 heterocycles. The van der Waals surface area contributed by atoms with Crippen LogP contribution in [0.2, 0.25) is 0 Å². The zero-order chi connectivity index (χ0) is 23.6. The van der Waals surface area contributed by atoms with E-state index in [1.165, 1.54) is 6.92 Å². The average molecular weight is 434 g/mol. The van der Waals surface area contributed by atoms with Crippen molar-refractivity contribution < 1.29 is 44.4 Å². The highest BCUT2D eigenvalue weighted by Crippen LogP contribution is 2.09. The first-order valence-electron chi connectivity index (χ1n) is 9.25. The number of hydrogen-bond acceptors (Lipinski definition) is 8. The molecule has 13 heteroatoms. The molecule has 6 atom stereocenters. The lowest BCUT2D eigenvalue weighted by molar-refractivity contribution is -0.145. The predicted molar refractivity (Wildman–Crippen MR) is 102 cm³/mol. The second-order valence-electron chi connectivity index (χ2n) is 6.88. The number of carbonyl (C=O) groups is 5. The Balaban J connectivity index is 5.32. The molecule has 30 heavy (non-hydrogen) atoms. The van der Waals surface area contributed by atoms with E-state index < -0.39 is 78.9 Å². The van der Waals surface area contributed by atoms with E-state index in [9.17, 15) is 34.2 Å². The molecule has 0 spiro atoms. The minimum absolute atomic E-state index is 0.407. The van der Waals surface area contributed by atoms with Gasteiger partial charge in [-0.1, -0.05) is 20.3 Å². The number of nitrogens with one attached hydrogen (secondary N) is 3. The van der Waals surface area contributed by atoms with Crippen molar-refractivity contribution in [1.82, 2.24) is 16.0 Å². The molecule has 0 aromatic rings.